The fourth-order valence-electron chi connectivity index (χ4n) is 3.91. The summed E-state index contributed by atoms with van der Waals surface area (Å²) in [5.41, 5.74) is 5.99. The van der Waals surface area contributed by atoms with Crippen LogP contribution >= 0.6 is 0 Å². The molecule has 0 atom stereocenters. The highest BCUT2D eigenvalue weighted by atomic mass is 19.1. The van der Waals surface area contributed by atoms with Crippen LogP contribution in [0.1, 0.15) is 28.9 Å². The highest BCUT2D eigenvalue weighted by Crippen LogP contribution is 2.30. The second kappa shape index (κ2) is 9.91. The minimum atomic E-state index is -0.295. The molecule has 4 rings (SSSR count). The molecule has 34 heavy (non-hydrogen) atoms. The molecule has 0 spiro atoms. The number of aromatic nitrogens is 3. The van der Waals surface area contributed by atoms with Crippen LogP contribution in [0, 0.1) is 19.7 Å². The van der Waals surface area contributed by atoms with Gasteiger partial charge in [0.15, 0.2) is 5.65 Å². The van der Waals surface area contributed by atoms with E-state index in [1.54, 1.807) is 30.9 Å². The summed E-state index contributed by atoms with van der Waals surface area (Å²) < 4.78 is 25.6. The molecule has 0 aliphatic carbocycles. The Bertz CT molecular complexity index is 1310. The van der Waals surface area contributed by atoms with Gasteiger partial charge in [0.25, 0.3) is 0 Å². The SMILES string of the molecule is COc1cc(OC)cc(-c2cc3nc(C)c(CCC(=O)NCc4ccc(F)cc4)c(C)n3n2)c1. The van der Waals surface area contributed by atoms with Crippen molar-refractivity contribution in [1.82, 2.24) is 19.9 Å². The topological polar surface area (TPSA) is 77.8 Å². The number of rotatable bonds is 8. The van der Waals surface area contributed by atoms with E-state index in [1.807, 2.05) is 38.1 Å². The summed E-state index contributed by atoms with van der Waals surface area (Å²) in [5, 5.41) is 7.64. The number of hydrogen-bond donors (Lipinski definition) is 1. The summed E-state index contributed by atoms with van der Waals surface area (Å²) in [6.07, 6.45) is 0.856. The van der Waals surface area contributed by atoms with Gasteiger partial charge in [-0.1, -0.05) is 12.1 Å². The van der Waals surface area contributed by atoms with Gasteiger partial charge in [-0.25, -0.2) is 13.9 Å². The van der Waals surface area contributed by atoms with Gasteiger partial charge < -0.3 is 14.8 Å². The second-order valence-corrected chi connectivity index (χ2v) is 8.07. The van der Waals surface area contributed by atoms with E-state index in [2.05, 4.69) is 5.32 Å². The van der Waals surface area contributed by atoms with Crippen molar-refractivity contribution in [2.24, 2.45) is 0 Å². The maximum Gasteiger partial charge on any atom is 0.220 e. The minimum Gasteiger partial charge on any atom is -0.497 e. The third-order valence-corrected chi connectivity index (χ3v) is 5.82. The molecule has 0 aliphatic heterocycles. The molecular formula is C26H27FN4O3. The molecule has 0 unspecified atom stereocenters. The van der Waals surface area contributed by atoms with Gasteiger partial charge in [-0.15, -0.1) is 0 Å². The maximum atomic E-state index is 13.0. The van der Waals surface area contributed by atoms with Crippen molar-refractivity contribution < 1.29 is 18.7 Å². The summed E-state index contributed by atoms with van der Waals surface area (Å²) in [4.78, 5) is 17.1. The monoisotopic (exact) mass is 462 g/mol. The zero-order valence-electron chi connectivity index (χ0n) is 19.7. The normalized spacial score (nSPS) is 11.0. The Hall–Kier alpha value is -3.94. The molecule has 1 N–H and O–H groups in total. The van der Waals surface area contributed by atoms with Gasteiger partial charge in [-0.05, 0) is 55.7 Å². The van der Waals surface area contributed by atoms with E-state index in [4.69, 9.17) is 19.6 Å². The first-order valence-corrected chi connectivity index (χ1v) is 11.0. The molecule has 7 nitrogen and oxygen atoms in total. The fraction of sp³-hybridized carbons (Fsp3) is 0.269. The van der Waals surface area contributed by atoms with Crippen molar-refractivity contribution in [1.29, 1.82) is 0 Å². The van der Waals surface area contributed by atoms with Gasteiger partial charge in [0.05, 0.1) is 19.9 Å². The minimum absolute atomic E-state index is 0.0761. The van der Waals surface area contributed by atoms with Crippen LogP contribution in [-0.4, -0.2) is 34.7 Å². The van der Waals surface area contributed by atoms with Crippen molar-refractivity contribution in [2.45, 2.75) is 33.2 Å². The van der Waals surface area contributed by atoms with Crippen molar-refractivity contribution in [3.8, 4) is 22.8 Å². The molecule has 2 aromatic carbocycles. The molecule has 4 aromatic rings. The quantitative estimate of drug-likeness (QED) is 0.420. The van der Waals surface area contributed by atoms with Gasteiger partial charge in [0.2, 0.25) is 5.91 Å². The number of hydrogen-bond acceptors (Lipinski definition) is 5. The first kappa shape index (κ1) is 23.2. The molecule has 0 saturated carbocycles. The Morgan fingerprint density at radius 1 is 1.03 bits per heavy atom. The van der Waals surface area contributed by atoms with E-state index in [1.165, 1.54) is 12.1 Å². The molecule has 0 saturated heterocycles. The number of ether oxygens (including phenoxy) is 2. The average Bonchev–Trinajstić information content (AvgIpc) is 3.27. The number of benzene rings is 2. The van der Waals surface area contributed by atoms with Crippen LogP contribution < -0.4 is 14.8 Å². The van der Waals surface area contributed by atoms with Gasteiger partial charge in [0, 0.05) is 42.0 Å². The van der Waals surface area contributed by atoms with Crippen LogP contribution in [0.3, 0.4) is 0 Å². The van der Waals surface area contributed by atoms with Crippen LogP contribution in [0.25, 0.3) is 16.9 Å². The highest BCUT2D eigenvalue weighted by Gasteiger charge is 2.15. The Morgan fingerprint density at radius 2 is 1.71 bits per heavy atom. The largest absolute Gasteiger partial charge is 0.497 e. The van der Waals surface area contributed by atoms with Crippen molar-refractivity contribution in [2.75, 3.05) is 14.2 Å². The molecule has 176 valence electrons. The van der Waals surface area contributed by atoms with Crippen LogP contribution in [0.15, 0.2) is 48.5 Å². The van der Waals surface area contributed by atoms with E-state index in [0.29, 0.717) is 30.9 Å². The van der Waals surface area contributed by atoms with Crippen LogP contribution in [-0.2, 0) is 17.8 Å². The predicted molar refractivity (Wildman–Crippen MR) is 128 cm³/mol. The van der Waals surface area contributed by atoms with Crippen LogP contribution in [0.4, 0.5) is 4.39 Å². The van der Waals surface area contributed by atoms with Crippen LogP contribution in [0.5, 0.6) is 11.5 Å². The molecule has 0 bridgehead atoms. The molecule has 2 aromatic heterocycles. The summed E-state index contributed by atoms with van der Waals surface area (Å²) in [6.45, 7) is 4.29. The van der Waals surface area contributed by atoms with Gasteiger partial charge >= 0.3 is 0 Å². The van der Waals surface area contributed by atoms with Gasteiger partial charge in [0.1, 0.15) is 17.3 Å². The van der Waals surface area contributed by atoms with E-state index in [9.17, 15) is 9.18 Å². The fourth-order valence-corrected chi connectivity index (χ4v) is 3.91. The molecular weight excluding hydrogens is 435 g/mol. The number of halogens is 1. The Labute approximate surface area is 197 Å². The Morgan fingerprint density at radius 3 is 2.35 bits per heavy atom. The molecule has 0 aliphatic rings. The van der Waals surface area contributed by atoms with E-state index >= 15 is 0 Å². The van der Waals surface area contributed by atoms with Crippen LogP contribution in [0.2, 0.25) is 0 Å². The lowest BCUT2D eigenvalue weighted by Gasteiger charge is -2.11. The summed E-state index contributed by atoms with van der Waals surface area (Å²) in [6, 6.07) is 13.6. The third-order valence-electron chi connectivity index (χ3n) is 5.82. The average molecular weight is 463 g/mol. The number of carbonyl (C=O) groups excluding carboxylic acids is 1. The van der Waals surface area contributed by atoms with Crippen molar-refractivity contribution >= 4 is 11.6 Å². The number of nitrogens with one attached hydrogen (secondary N) is 1. The van der Waals surface area contributed by atoms with Crippen molar-refractivity contribution in [3.05, 3.63) is 76.9 Å². The Balaban J connectivity index is 1.52. The highest BCUT2D eigenvalue weighted by molar-refractivity contribution is 5.76. The van der Waals surface area contributed by atoms with Crippen molar-refractivity contribution in [3.63, 3.8) is 0 Å². The maximum absolute atomic E-state index is 13.0. The van der Waals surface area contributed by atoms with E-state index < -0.39 is 0 Å². The number of nitrogens with zero attached hydrogens (tertiary/aromatic N) is 3. The third kappa shape index (κ3) is 5.01. The number of amides is 1. The zero-order chi connectivity index (χ0) is 24.2. The lowest BCUT2D eigenvalue weighted by Crippen LogP contribution is -2.23. The number of aryl methyl sites for hydroxylation is 2. The first-order valence-electron chi connectivity index (χ1n) is 11.0. The smallest absolute Gasteiger partial charge is 0.220 e. The summed E-state index contributed by atoms with van der Waals surface area (Å²) in [5.74, 6) is 0.989. The Kier molecular flexibility index (Phi) is 6.77. The lowest BCUT2D eigenvalue weighted by molar-refractivity contribution is -0.121. The zero-order valence-corrected chi connectivity index (χ0v) is 19.7. The number of carbonyl (C=O) groups is 1. The van der Waals surface area contributed by atoms with E-state index in [0.717, 1.165) is 39.4 Å². The molecule has 0 radical (unpaired) electrons. The summed E-state index contributed by atoms with van der Waals surface area (Å²) >= 11 is 0. The van der Waals surface area contributed by atoms with Gasteiger partial charge in [-0.3, -0.25) is 4.79 Å². The number of methoxy groups -OCH3 is 2. The lowest BCUT2D eigenvalue weighted by atomic mass is 10.1. The molecule has 0 fully saturated rings. The molecule has 8 heteroatoms. The van der Waals surface area contributed by atoms with Gasteiger partial charge in [-0.2, -0.15) is 5.10 Å². The first-order chi connectivity index (χ1) is 16.4. The standard InChI is InChI=1S/C26H27FN4O3/c1-16-23(9-10-26(32)28-15-18-5-7-20(27)8-6-18)17(2)31-25(29-16)14-24(30-31)19-11-21(33-3)13-22(12-19)34-4/h5-8,11-14H,9-10,15H2,1-4H3,(H,28,32). The predicted octanol–water partition coefficient (Wildman–Crippen LogP) is 4.42. The molecule has 2 heterocycles. The summed E-state index contributed by atoms with van der Waals surface area (Å²) in [7, 11) is 3.22. The molecule has 1 amide bonds. The number of fused-ring (bicyclic) bond motifs is 1. The second-order valence-electron chi connectivity index (χ2n) is 8.07. The van der Waals surface area contributed by atoms with E-state index in [-0.39, 0.29) is 11.7 Å².